The van der Waals surface area contributed by atoms with Crippen molar-refractivity contribution in [1.82, 2.24) is 0 Å². The molecule has 0 aliphatic carbocycles. The minimum Gasteiger partial charge on any atom is -0.330 e. The first-order chi connectivity index (χ1) is 7.06. The van der Waals surface area contributed by atoms with Gasteiger partial charge in [-0.2, -0.15) is 0 Å². The second kappa shape index (κ2) is 6.74. The van der Waals surface area contributed by atoms with E-state index in [0.29, 0.717) is 18.0 Å². The molecule has 0 bridgehead atoms. The molecule has 0 fully saturated rings. The van der Waals surface area contributed by atoms with Gasteiger partial charge >= 0.3 is 0 Å². The number of aryl methyl sites for hydroxylation is 1. The summed E-state index contributed by atoms with van der Waals surface area (Å²) in [6.45, 7) is 2.29. The third-order valence-corrected chi connectivity index (χ3v) is 2.68. The van der Waals surface area contributed by atoms with Gasteiger partial charge in [0, 0.05) is 30.7 Å². The van der Waals surface area contributed by atoms with Crippen LogP contribution in [0.4, 0.5) is 5.69 Å². The second-order valence-corrected chi connectivity index (χ2v) is 3.83. The molecule has 5 heteroatoms. The average molecular weight is 263 g/mol. The molecule has 0 heterocycles. The molecule has 0 saturated heterocycles. The summed E-state index contributed by atoms with van der Waals surface area (Å²) in [5, 5.41) is 0.667. The topological polar surface area (TPSA) is 46.3 Å². The normalized spacial score (nSPS) is 9.50. The van der Waals surface area contributed by atoms with Gasteiger partial charge < -0.3 is 10.6 Å². The van der Waals surface area contributed by atoms with E-state index in [1.54, 1.807) is 18.0 Å². The van der Waals surface area contributed by atoms with Crippen molar-refractivity contribution in [2.75, 3.05) is 18.5 Å². The predicted molar refractivity (Wildman–Crippen MR) is 70.5 cm³/mol. The van der Waals surface area contributed by atoms with Crippen LogP contribution in [0, 0.1) is 6.92 Å². The molecule has 1 rings (SSSR count). The minimum atomic E-state index is -0.00239. The third-order valence-electron chi connectivity index (χ3n) is 2.28. The van der Waals surface area contributed by atoms with Crippen LogP contribution in [0.2, 0.25) is 5.02 Å². The molecular formula is C11H16Cl2N2O. The Morgan fingerprint density at radius 3 is 2.62 bits per heavy atom. The first-order valence-electron chi connectivity index (χ1n) is 4.79. The Balaban J connectivity index is 0.00000225. The highest BCUT2D eigenvalue weighted by Crippen LogP contribution is 2.22. The average Bonchev–Trinajstić information content (AvgIpc) is 2.21. The van der Waals surface area contributed by atoms with Crippen molar-refractivity contribution >= 4 is 35.6 Å². The van der Waals surface area contributed by atoms with Gasteiger partial charge in [0.2, 0.25) is 5.91 Å². The highest BCUT2D eigenvalue weighted by Gasteiger charge is 2.10. The zero-order chi connectivity index (χ0) is 11.4. The van der Waals surface area contributed by atoms with Crippen LogP contribution in [0.15, 0.2) is 18.2 Å². The van der Waals surface area contributed by atoms with Gasteiger partial charge in [-0.15, -0.1) is 12.4 Å². The van der Waals surface area contributed by atoms with Gasteiger partial charge in [-0.1, -0.05) is 17.7 Å². The molecule has 3 nitrogen and oxygen atoms in total. The number of hydrogen-bond donors (Lipinski definition) is 1. The van der Waals surface area contributed by atoms with Crippen LogP contribution >= 0.6 is 24.0 Å². The largest absolute Gasteiger partial charge is 0.330 e. The Bertz CT molecular complexity index is 369. The van der Waals surface area contributed by atoms with E-state index in [2.05, 4.69) is 0 Å². The van der Waals surface area contributed by atoms with Crippen molar-refractivity contribution in [3.8, 4) is 0 Å². The fourth-order valence-electron chi connectivity index (χ4n) is 1.23. The molecule has 0 spiro atoms. The van der Waals surface area contributed by atoms with Gasteiger partial charge in [-0.25, -0.2) is 0 Å². The number of hydrogen-bond acceptors (Lipinski definition) is 2. The van der Waals surface area contributed by atoms with Crippen LogP contribution in [-0.2, 0) is 4.79 Å². The standard InChI is InChI=1S/C11H15ClN2O.ClH/c1-8-3-4-9(7-10(8)12)14(2)11(15)5-6-13;/h3-4,7H,5-6,13H2,1-2H3;1H. The lowest BCUT2D eigenvalue weighted by Crippen LogP contribution is -2.28. The smallest absolute Gasteiger partial charge is 0.227 e. The van der Waals surface area contributed by atoms with Gasteiger partial charge in [0.1, 0.15) is 0 Å². The molecule has 0 aliphatic rings. The number of nitrogens with two attached hydrogens (primary N) is 1. The molecule has 0 unspecified atom stereocenters. The van der Waals surface area contributed by atoms with Crippen molar-refractivity contribution in [3.05, 3.63) is 28.8 Å². The number of benzene rings is 1. The zero-order valence-electron chi connectivity index (χ0n) is 9.37. The highest BCUT2D eigenvalue weighted by molar-refractivity contribution is 6.31. The number of carbonyl (C=O) groups excluding carboxylic acids is 1. The Morgan fingerprint density at radius 2 is 2.12 bits per heavy atom. The zero-order valence-corrected chi connectivity index (χ0v) is 10.9. The van der Waals surface area contributed by atoms with E-state index in [9.17, 15) is 4.79 Å². The van der Waals surface area contributed by atoms with Crippen molar-refractivity contribution in [1.29, 1.82) is 0 Å². The van der Waals surface area contributed by atoms with Gasteiger partial charge in [0.25, 0.3) is 0 Å². The molecule has 0 radical (unpaired) electrons. The van der Waals surface area contributed by atoms with Crippen molar-refractivity contribution in [3.63, 3.8) is 0 Å². The molecule has 0 aliphatic heterocycles. The number of halogens is 2. The van der Waals surface area contributed by atoms with E-state index in [4.69, 9.17) is 17.3 Å². The van der Waals surface area contributed by atoms with E-state index < -0.39 is 0 Å². The Hall–Kier alpha value is -0.770. The Morgan fingerprint density at radius 1 is 1.50 bits per heavy atom. The number of amides is 1. The fraction of sp³-hybridized carbons (Fsp3) is 0.364. The maximum atomic E-state index is 11.5. The Labute approximate surface area is 107 Å². The third kappa shape index (κ3) is 3.67. The summed E-state index contributed by atoms with van der Waals surface area (Å²) in [5.41, 5.74) is 7.12. The summed E-state index contributed by atoms with van der Waals surface area (Å²) >= 11 is 5.98. The first kappa shape index (κ1) is 15.2. The molecule has 0 atom stereocenters. The summed E-state index contributed by atoms with van der Waals surface area (Å²) < 4.78 is 0. The van der Waals surface area contributed by atoms with Gasteiger partial charge in [-0.05, 0) is 24.6 Å². The maximum absolute atomic E-state index is 11.5. The summed E-state index contributed by atoms with van der Waals surface area (Å²) in [4.78, 5) is 13.1. The molecule has 1 aromatic rings. The van der Waals surface area contributed by atoms with Crippen molar-refractivity contribution in [2.45, 2.75) is 13.3 Å². The van der Waals surface area contributed by atoms with Crippen LogP contribution in [-0.4, -0.2) is 19.5 Å². The number of carbonyl (C=O) groups is 1. The molecule has 2 N–H and O–H groups in total. The number of rotatable bonds is 3. The van der Waals surface area contributed by atoms with Crippen LogP contribution in [0.25, 0.3) is 0 Å². The molecule has 1 aromatic carbocycles. The fourth-order valence-corrected chi connectivity index (χ4v) is 1.40. The summed E-state index contributed by atoms with van der Waals surface area (Å²) in [5.74, 6) is -0.00239. The quantitative estimate of drug-likeness (QED) is 0.910. The predicted octanol–water partition coefficient (Wildman–Crippen LogP) is 2.38. The first-order valence-corrected chi connectivity index (χ1v) is 5.17. The van der Waals surface area contributed by atoms with Crippen LogP contribution in [0.3, 0.4) is 0 Å². The summed E-state index contributed by atoms with van der Waals surface area (Å²) in [7, 11) is 1.72. The SMILES string of the molecule is Cc1ccc(N(C)C(=O)CCN)cc1Cl.Cl. The van der Waals surface area contributed by atoms with E-state index in [0.717, 1.165) is 11.3 Å². The van der Waals surface area contributed by atoms with Gasteiger partial charge in [0.15, 0.2) is 0 Å². The molecular weight excluding hydrogens is 247 g/mol. The summed E-state index contributed by atoms with van der Waals surface area (Å²) in [6, 6.07) is 5.55. The van der Waals surface area contributed by atoms with Crippen LogP contribution in [0.1, 0.15) is 12.0 Å². The lowest BCUT2D eigenvalue weighted by atomic mass is 10.2. The van der Waals surface area contributed by atoms with E-state index in [-0.39, 0.29) is 18.3 Å². The Kier molecular flexibility index (Phi) is 6.41. The van der Waals surface area contributed by atoms with Crippen LogP contribution < -0.4 is 10.6 Å². The van der Waals surface area contributed by atoms with Crippen molar-refractivity contribution < 1.29 is 4.79 Å². The van der Waals surface area contributed by atoms with Gasteiger partial charge in [-0.3, -0.25) is 4.79 Å². The van der Waals surface area contributed by atoms with Crippen LogP contribution in [0.5, 0.6) is 0 Å². The number of anilines is 1. The highest BCUT2D eigenvalue weighted by atomic mass is 35.5. The minimum absolute atomic E-state index is 0. The monoisotopic (exact) mass is 262 g/mol. The molecule has 0 aromatic heterocycles. The molecule has 90 valence electrons. The van der Waals surface area contributed by atoms with E-state index in [1.807, 2.05) is 19.1 Å². The number of nitrogens with zero attached hydrogens (tertiary/aromatic N) is 1. The van der Waals surface area contributed by atoms with Crippen molar-refractivity contribution in [2.24, 2.45) is 5.73 Å². The molecule has 1 amide bonds. The second-order valence-electron chi connectivity index (χ2n) is 3.42. The van der Waals surface area contributed by atoms with Gasteiger partial charge in [0.05, 0.1) is 0 Å². The van der Waals surface area contributed by atoms with E-state index >= 15 is 0 Å². The lowest BCUT2D eigenvalue weighted by Gasteiger charge is -2.17. The van der Waals surface area contributed by atoms with E-state index in [1.165, 1.54) is 0 Å². The molecule has 16 heavy (non-hydrogen) atoms. The maximum Gasteiger partial charge on any atom is 0.227 e. The molecule has 0 saturated carbocycles. The lowest BCUT2D eigenvalue weighted by molar-refractivity contribution is -0.118. The summed E-state index contributed by atoms with van der Waals surface area (Å²) in [6.07, 6.45) is 0.349.